The molecule has 114 valence electrons. The summed E-state index contributed by atoms with van der Waals surface area (Å²) < 4.78 is 39.5. The Hall–Kier alpha value is -1.87. The topological polar surface area (TPSA) is 97.6 Å². The third-order valence-corrected chi connectivity index (χ3v) is 5.35. The van der Waals surface area contributed by atoms with Crippen molar-refractivity contribution in [1.29, 1.82) is 0 Å². The van der Waals surface area contributed by atoms with Gasteiger partial charge in [-0.05, 0) is 18.9 Å². The van der Waals surface area contributed by atoms with Crippen LogP contribution in [0.25, 0.3) is 0 Å². The third kappa shape index (κ3) is 3.08. The maximum atomic E-state index is 13.7. The van der Waals surface area contributed by atoms with E-state index in [1.807, 2.05) is 0 Å². The van der Waals surface area contributed by atoms with Crippen LogP contribution in [0.5, 0.6) is 0 Å². The summed E-state index contributed by atoms with van der Waals surface area (Å²) in [6.45, 7) is 0.182. The van der Waals surface area contributed by atoms with Crippen molar-refractivity contribution in [2.45, 2.75) is 17.7 Å². The smallest absolute Gasteiger partial charge is 0.270 e. The largest absolute Gasteiger partial charge is 0.303 e. The number of nitrogens with zero attached hydrogens (tertiary/aromatic N) is 2. The molecule has 0 atom stereocenters. The molecule has 0 radical (unpaired) electrons. The fraction of sp³-hybridized carbons (Fsp3) is 0.417. The van der Waals surface area contributed by atoms with Gasteiger partial charge in [-0.1, -0.05) is 0 Å². The van der Waals surface area contributed by atoms with Gasteiger partial charge in [0.15, 0.2) is 0 Å². The molecule has 1 aromatic rings. The van der Waals surface area contributed by atoms with Crippen LogP contribution in [0, 0.1) is 21.8 Å². The van der Waals surface area contributed by atoms with Gasteiger partial charge in [-0.2, -0.15) is 4.31 Å². The number of aldehydes is 1. The number of carbonyl (C=O) groups is 1. The summed E-state index contributed by atoms with van der Waals surface area (Å²) in [5.74, 6) is -1.23. The second kappa shape index (κ2) is 5.86. The summed E-state index contributed by atoms with van der Waals surface area (Å²) in [6, 6.07) is 2.40. The Balaban J connectivity index is 2.34. The van der Waals surface area contributed by atoms with E-state index in [9.17, 15) is 27.7 Å². The van der Waals surface area contributed by atoms with Crippen molar-refractivity contribution in [2.24, 2.45) is 5.92 Å². The molecule has 2 rings (SSSR count). The molecule has 7 nitrogen and oxygen atoms in total. The summed E-state index contributed by atoms with van der Waals surface area (Å²) in [7, 11) is -4.14. The van der Waals surface area contributed by atoms with Crippen molar-refractivity contribution in [2.75, 3.05) is 13.1 Å². The summed E-state index contributed by atoms with van der Waals surface area (Å²) in [4.78, 5) is 19.9. The van der Waals surface area contributed by atoms with Crippen molar-refractivity contribution < 1.29 is 22.5 Å². The number of halogens is 1. The lowest BCUT2D eigenvalue weighted by Crippen LogP contribution is -2.39. The molecule has 0 aliphatic carbocycles. The second-order valence-corrected chi connectivity index (χ2v) is 6.66. The molecule has 0 saturated carbocycles. The number of nitro benzene ring substituents is 1. The first-order valence-electron chi connectivity index (χ1n) is 6.25. The van der Waals surface area contributed by atoms with Crippen LogP contribution in [0.1, 0.15) is 12.8 Å². The average Bonchev–Trinajstić information content (AvgIpc) is 2.47. The molecule has 1 aromatic carbocycles. The van der Waals surface area contributed by atoms with Gasteiger partial charge < -0.3 is 4.79 Å². The molecule has 1 saturated heterocycles. The van der Waals surface area contributed by atoms with Gasteiger partial charge in [-0.25, -0.2) is 12.8 Å². The minimum absolute atomic E-state index is 0.0911. The van der Waals surface area contributed by atoms with E-state index in [2.05, 4.69) is 0 Å². The third-order valence-electron chi connectivity index (χ3n) is 3.43. The second-order valence-electron chi connectivity index (χ2n) is 4.75. The van der Waals surface area contributed by atoms with E-state index in [4.69, 9.17) is 0 Å². The molecule has 1 aliphatic rings. The molecule has 1 aliphatic heterocycles. The highest BCUT2D eigenvalue weighted by Gasteiger charge is 2.32. The van der Waals surface area contributed by atoms with Gasteiger partial charge in [0.1, 0.15) is 17.0 Å². The normalized spacial score (nSPS) is 17.6. The lowest BCUT2D eigenvalue weighted by atomic mass is 10.0. The number of rotatable bonds is 4. The highest BCUT2D eigenvalue weighted by molar-refractivity contribution is 7.89. The summed E-state index contributed by atoms with van der Waals surface area (Å²) >= 11 is 0. The molecule has 0 unspecified atom stereocenters. The van der Waals surface area contributed by atoms with Gasteiger partial charge in [-0.15, -0.1) is 0 Å². The molecular formula is C12H13FN2O5S. The van der Waals surface area contributed by atoms with E-state index in [1.165, 1.54) is 0 Å². The average molecular weight is 316 g/mol. The Morgan fingerprint density at radius 2 is 1.95 bits per heavy atom. The van der Waals surface area contributed by atoms with Crippen molar-refractivity contribution in [3.05, 3.63) is 34.1 Å². The number of hydrogen-bond donors (Lipinski definition) is 0. The van der Waals surface area contributed by atoms with Gasteiger partial charge in [0.25, 0.3) is 5.69 Å². The Kier molecular flexibility index (Phi) is 4.33. The van der Waals surface area contributed by atoms with Gasteiger partial charge in [0.05, 0.1) is 4.92 Å². The molecule has 0 N–H and O–H groups in total. The molecule has 0 spiro atoms. The van der Waals surface area contributed by atoms with Crippen LogP contribution in [0.15, 0.2) is 23.1 Å². The number of nitro groups is 1. The molecule has 1 heterocycles. The van der Waals surface area contributed by atoms with Crippen LogP contribution in [0.2, 0.25) is 0 Å². The molecule has 0 amide bonds. The monoisotopic (exact) mass is 316 g/mol. The molecule has 1 fully saturated rings. The lowest BCUT2D eigenvalue weighted by molar-refractivity contribution is -0.385. The van der Waals surface area contributed by atoms with Crippen LogP contribution in [-0.2, 0) is 14.8 Å². The van der Waals surface area contributed by atoms with E-state index >= 15 is 0 Å². The SMILES string of the molecule is O=CC1CCN(S(=O)(=O)c2cc([N+](=O)[O-])ccc2F)CC1. The fourth-order valence-electron chi connectivity index (χ4n) is 2.19. The van der Waals surface area contributed by atoms with Crippen LogP contribution in [0.3, 0.4) is 0 Å². The van der Waals surface area contributed by atoms with Crippen LogP contribution in [-0.4, -0.2) is 37.0 Å². The highest BCUT2D eigenvalue weighted by atomic mass is 32.2. The first-order valence-corrected chi connectivity index (χ1v) is 7.69. The van der Waals surface area contributed by atoms with Crippen LogP contribution in [0.4, 0.5) is 10.1 Å². The maximum absolute atomic E-state index is 13.7. The summed E-state index contributed by atoms with van der Waals surface area (Å²) in [5.41, 5.74) is -0.488. The standard InChI is InChI=1S/C12H13FN2O5S/c13-11-2-1-10(15(17)18)7-12(11)21(19,20)14-5-3-9(8-16)4-6-14/h1-2,7-9H,3-6H2. The van der Waals surface area contributed by atoms with Crippen molar-refractivity contribution in [3.63, 3.8) is 0 Å². The minimum atomic E-state index is -4.14. The predicted octanol–water partition coefficient (Wildman–Crippen LogP) is 1.33. The molecule has 21 heavy (non-hydrogen) atoms. The van der Waals surface area contributed by atoms with Crippen LogP contribution >= 0.6 is 0 Å². The molecule has 0 aromatic heterocycles. The Morgan fingerprint density at radius 3 is 2.48 bits per heavy atom. The first kappa shape index (κ1) is 15.5. The molecular weight excluding hydrogens is 303 g/mol. The summed E-state index contributed by atoms with van der Waals surface area (Å²) in [5, 5.41) is 10.7. The van der Waals surface area contributed by atoms with E-state index in [0.29, 0.717) is 12.8 Å². The zero-order chi connectivity index (χ0) is 15.6. The van der Waals surface area contributed by atoms with Crippen molar-refractivity contribution >= 4 is 22.0 Å². The first-order chi connectivity index (χ1) is 9.86. The van der Waals surface area contributed by atoms with E-state index < -0.39 is 31.3 Å². The van der Waals surface area contributed by atoms with Crippen LogP contribution < -0.4 is 0 Å². The van der Waals surface area contributed by atoms with Gasteiger partial charge in [0, 0.05) is 31.1 Å². The molecule has 0 bridgehead atoms. The number of benzene rings is 1. The Bertz CT molecular complexity index is 668. The maximum Gasteiger partial charge on any atom is 0.270 e. The zero-order valence-corrected chi connectivity index (χ0v) is 11.8. The quantitative estimate of drug-likeness (QED) is 0.474. The van der Waals surface area contributed by atoms with E-state index in [0.717, 1.165) is 28.8 Å². The Morgan fingerprint density at radius 1 is 1.33 bits per heavy atom. The number of non-ortho nitro benzene ring substituents is 1. The minimum Gasteiger partial charge on any atom is -0.303 e. The lowest BCUT2D eigenvalue weighted by Gasteiger charge is -2.28. The highest BCUT2D eigenvalue weighted by Crippen LogP contribution is 2.27. The van der Waals surface area contributed by atoms with Gasteiger partial charge in [-0.3, -0.25) is 10.1 Å². The fourth-order valence-corrected chi connectivity index (χ4v) is 3.75. The Labute approximate surface area is 120 Å². The number of piperidine rings is 1. The van der Waals surface area contributed by atoms with E-state index in [-0.39, 0.29) is 19.0 Å². The number of carbonyl (C=O) groups excluding carboxylic acids is 1. The van der Waals surface area contributed by atoms with E-state index in [1.54, 1.807) is 0 Å². The van der Waals surface area contributed by atoms with Gasteiger partial charge in [0.2, 0.25) is 10.0 Å². The zero-order valence-electron chi connectivity index (χ0n) is 10.9. The number of sulfonamides is 1. The van der Waals surface area contributed by atoms with Crippen molar-refractivity contribution in [1.82, 2.24) is 4.31 Å². The van der Waals surface area contributed by atoms with Crippen molar-refractivity contribution in [3.8, 4) is 0 Å². The predicted molar refractivity (Wildman–Crippen MR) is 70.6 cm³/mol. The number of hydrogen-bond acceptors (Lipinski definition) is 5. The molecule has 9 heteroatoms. The van der Waals surface area contributed by atoms with Gasteiger partial charge >= 0.3 is 0 Å². The summed E-state index contributed by atoms with van der Waals surface area (Å²) in [6.07, 6.45) is 1.50.